The molecule has 0 fully saturated rings. The number of rotatable bonds is 2. The first kappa shape index (κ1) is 10.8. The van der Waals surface area contributed by atoms with Gasteiger partial charge < -0.3 is 0 Å². The van der Waals surface area contributed by atoms with E-state index in [0.29, 0.717) is 5.69 Å². The van der Waals surface area contributed by atoms with Crippen molar-refractivity contribution in [1.29, 1.82) is 0 Å². The van der Waals surface area contributed by atoms with Crippen LogP contribution in [0.5, 0.6) is 0 Å². The number of hydrogen-bond donors (Lipinski definition) is 0. The van der Waals surface area contributed by atoms with Gasteiger partial charge in [-0.3, -0.25) is 0 Å². The van der Waals surface area contributed by atoms with Gasteiger partial charge in [-0.25, -0.2) is 18.4 Å². The summed E-state index contributed by atoms with van der Waals surface area (Å²) in [4.78, 5) is 7.93. The van der Waals surface area contributed by atoms with Crippen LogP contribution < -0.4 is 0 Å². The van der Waals surface area contributed by atoms with Gasteiger partial charge in [0.15, 0.2) is 9.84 Å². The minimum absolute atomic E-state index is 0.154. The molecule has 0 saturated heterocycles. The Morgan fingerprint density at radius 3 is 2.44 bits per heavy atom. The van der Waals surface area contributed by atoms with Crippen molar-refractivity contribution >= 4 is 9.84 Å². The van der Waals surface area contributed by atoms with Crippen LogP contribution in [-0.4, -0.2) is 24.6 Å². The van der Waals surface area contributed by atoms with Crippen LogP contribution in [0.1, 0.15) is 0 Å². The monoisotopic (exact) mass is 234 g/mol. The molecule has 0 amide bonds. The molecule has 1 aromatic carbocycles. The van der Waals surface area contributed by atoms with Crippen molar-refractivity contribution < 1.29 is 8.42 Å². The van der Waals surface area contributed by atoms with E-state index in [1.165, 1.54) is 12.5 Å². The van der Waals surface area contributed by atoms with E-state index in [1.54, 1.807) is 0 Å². The number of hydrogen-bond acceptors (Lipinski definition) is 4. The van der Waals surface area contributed by atoms with Crippen molar-refractivity contribution in [1.82, 2.24) is 9.97 Å². The fourth-order valence-corrected chi connectivity index (χ4v) is 2.18. The summed E-state index contributed by atoms with van der Waals surface area (Å²) in [5, 5.41) is 0. The van der Waals surface area contributed by atoms with Gasteiger partial charge in [-0.2, -0.15) is 0 Å². The molecule has 1 aromatic heterocycles. The van der Waals surface area contributed by atoms with E-state index in [2.05, 4.69) is 9.97 Å². The van der Waals surface area contributed by atoms with Gasteiger partial charge in [0, 0.05) is 18.0 Å². The van der Waals surface area contributed by atoms with Gasteiger partial charge in [0.05, 0.1) is 5.69 Å². The van der Waals surface area contributed by atoms with E-state index in [-0.39, 0.29) is 4.90 Å². The molecule has 0 bridgehead atoms. The van der Waals surface area contributed by atoms with Crippen molar-refractivity contribution in [2.75, 3.05) is 6.26 Å². The Morgan fingerprint density at radius 1 is 1.12 bits per heavy atom. The molecule has 5 heteroatoms. The summed E-state index contributed by atoms with van der Waals surface area (Å²) in [6, 6.07) is 9.17. The molecule has 0 saturated carbocycles. The first-order valence-electron chi connectivity index (χ1n) is 4.64. The van der Waals surface area contributed by atoms with Crippen molar-refractivity contribution in [2.24, 2.45) is 0 Å². The second kappa shape index (κ2) is 4.02. The van der Waals surface area contributed by atoms with Gasteiger partial charge in [-0.05, 0) is 0 Å². The molecule has 2 rings (SSSR count). The third-order valence-electron chi connectivity index (χ3n) is 2.13. The lowest BCUT2D eigenvalue weighted by molar-refractivity contribution is 0.601. The normalized spacial score (nSPS) is 11.3. The van der Waals surface area contributed by atoms with Crippen LogP contribution in [0.15, 0.2) is 47.8 Å². The summed E-state index contributed by atoms with van der Waals surface area (Å²) in [6.07, 6.45) is 3.82. The lowest BCUT2D eigenvalue weighted by Crippen LogP contribution is -2.02. The van der Waals surface area contributed by atoms with Gasteiger partial charge in [-0.1, -0.05) is 30.3 Å². The lowest BCUT2D eigenvalue weighted by atomic mass is 10.1. The highest BCUT2D eigenvalue weighted by Gasteiger charge is 2.15. The SMILES string of the molecule is CS(=O)(=O)c1cncnc1-c1ccccc1. The molecular weight excluding hydrogens is 224 g/mol. The van der Waals surface area contributed by atoms with Gasteiger partial charge in [0.2, 0.25) is 0 Å². The number of benzene rings is 1. The highest BCUT2D eigenvalue weighted by atomic mass is 32.2. The molecule has 0 aliphatic carbocycles. The number of nitrogens with zero attached hydrogens (tertiary/aromatic N) is 2. The van der Waals surface area contributed by atoms with Crippen molar-refractivity contribution in [3.8, 4) is 11.3 Å². The zero-order valence-corrected chi connectivity index (χ0v) is 9.48. The molecule has 1 heterocycles. The molecule has 0 radical (unpaired) electrons. The first-order valence-corrected chi connectivity index (χ1v) is 6.53. The molecular formula is C11H10N2O2S. The van der Waals surface area contributed by atoms with Gasteiger partial charge in [0.1, 0.15) is 11.2 Å². The Bertz CT molecular complexity index is 594. The zero-order valence-electron chi connectivity index (χ0n) is 8.66. The van der Waals surface area contributed by atoms with Gasteiger partial charge in [-0.15, -0.1) is 0 Å². The van der Waals surface area contributed by atoms with E-state index in [9.17, 15) is 8.42 Å². The first-order chi connectivity index (χ1) is 7.59. The predicted molar refractivity (Wildman–Crippen MR) is 60.6 cm³/mol. The van der Waals surface area contributed by atoms with E-state index >= 15 is 0 Å². The minimum Gasteiger partial charge on any atom is -0.243 e. The summed E-state index contributed by atoms with van der Waals surface area (Å²) in [5.41, 5.74) is 1.21. The molecule has 0 atom stereocenters. The summed E-state index contributed by atoms with van der Waals surface area (Å²) < 4.78 is 23.1. The molecule has 0 N–H and O–H groups in total. The molecule has 0 spiro atoms. The quantitative estimate of drug-likeness (QED) is 0.791. The Hall–Kier alpha value is -1.75. The van der Waals surface area contributed by atoms with Gasteiger partial charge >= 0.3 is 0 Å². The average Bonchev–Trinajstić information content (AvgIpc) is 2.29. The largest absolute Gasteiger partial charge is 0.243 e. The maximum atomic E-state index is 11.5. The molecule has 0 aliphatic rings. The molecule has 0 aliphatic heterocycles. The summed E-state index contributed by atoms with van der Waals surface area (Å²) in [5.74, 6) is 0. The van der Waals surface area contributed by atoms with Gasteiger partial charge in [0.25, 0.3) is 0 Å². The van der Waals surface area contributed by atoms with Crippen LogP contribution in [0.2, 0.25) is 0 Å². The fourth-order valence-electron chi connectivity index (χ4n) is 1.40. The Labute approximate surface area is 93.9 Å². The van der Waals surface area contributed by atoms with Crippen LogP contribution in [0, 0.1) is 0 Å². The Kier molecular flexibility index (Phi) is 2.70. The summed E-state index contributed by atoms with van der Waals surface area (Å²) in [6.45, 7) is 0. The standard InChI is InChI=1S/C11H10N2O2S/c1-16(14,15)10-7-12-8-13-11(10)9-5-3-2-4-6-9/h2-8H,1H3. The molecule has 82 valence electrons. The molecule has 16 heavy (non-hydrogen) atoms. The number of aromatic nitrogens is 2. The zero-order chi connectivity index (χ0) is 11.6. The highest BCUT2D eigenvalue weighted by molar-refractivity contribution is 7.90. The molecule has 0 unspecified atom stereocenters. The summed E-state index contributed by atoms with van der Waals surface area (Å²) >= 11 is 0. The van der Waals surface area contributed by atoms with Crippen LogP contribution in [-0.2, 0) is 9.84 Å². The van der Waals surface area contributed by atoms with Crippen molar-refractivity contribution in [3.05, 3.63) is 42.9 Å². The third kappa shape index (κ3) is 2.09. The second-order valence-corrected chi connectivity index (χ2v) is 5.36. The topological polar surface area (TPSA) is 59.9 Å². The van der Waals surface area contributed by atoms with E-state index in [1.807, 2.05) is 30.3 Å². The second-order valence-electron chi connectivity index (χ2n) is 3.37. The fraction of sp³-hybridized carbons (Fsp3) is 0.0909. The van der Waals surface area contributed by atoms with E-state index in [4.69, 9.17) is 0 Å². The van der Waals surface area contributed by atoms with Crippen LogP contribution in [0.3, 0.4) is 0 Å². The van der Waals surface area contributed by atoms with Crippen molar-refractivity contribution in [2.45, 2.75) is 4.90 Å². The van der Waals surface area contributed by atoms with Crippen molar-refractivity contribution in [3.63, 3.8) is 0 Å². The smallest absolute Gasteiger partial charge is 0.179 e. The maximum Gasteiger partial charge on any atom is 0.179 e. The lowest BCUT2D eigenvalue weighted by Gasteiger charge is -2.05. The molecule has 4 nitrogen and oxygen atoms in total. The maximum absolute atomic E-state index is 11.5. The Balaban J connectivity index is 2.68. The van der Waals surface area contributed by atoms with Crippen LogP contribution >= 0.6 is 0 Å². The van der Waals surface area contributed by atoms with E-state index < -0.39 is 9.84 Å². The predicted octanol–water partition coefficient (Wildman–Crippen LogP) is 1.55. The Morgan fingerprint density at radius 2 is 1.81 bits per heavy atom. The molecule has 2 aromatic rings. The average molecular weight is 234 g/mol. The van der Waals surface area contributed by atoms with Crippen LogP contribution in [0.4, 0.5) is 0 Å². The van der Waals surface area contributed by atoms with E-state index in [0.717, 1.165) is 11.8 Å². The van der Waals surface area contributed by atoms with Crippen LogP contribution in [0.25, 0.3) is 11.3 Å². The third-order valence-corrected chi connectivity index (χ3v) is 3.22. The number of sulfone groups is 1. The minimum atomic E-state index is -3.31. The highest BCUT2D eigenvalue weighted by Crippen LogP contribution is 2.23. The summed E-state index contributed by atoms with van der Waals surface area (Å²) in [7, 11) is -3.31.